The Morgan fingerprint density at radius 2 is 2.19 bits per heavy atom. The number of primary amides is 1. The Morgan fingerprint density at radius 3 is 2.81 bits per heavy atom. The summed E-state index contributed by atoms with van der Waals surface area (Å²) in [5, 5.41) is 3.29. The molecule has 0 aliphatic heterocycles. The fourth-order valence-corrected chi connectivity index (χ4v) is 1.14. The Kier molecular flexibility index (Phi) is 2.28. The first-order valence-corrected chi connectivity index (χ1v) is 4.27. The van der Waals surface area contributed by atoms with E-state index in [1.807, 2.05) is 0 Å². The van der Waals surface area contributed by atoms with Crippen molar-refractivity contribution in [3.8, 4) is 11.5 Å². The number of nitrogens with two attached hydrogens (primary N) is 2. The van der Waals surface area contributed by atoms with E-state index < -0.39 is 11.7 Å². The van der Waals surface area contributed by atoms with Crippen LogP contribution in [0.1, 0.15) is 10.6 Å². The van der Waals surface area contributed by atoms with E-state index in [2.05, 4.69) is 10.1 Å². The van der Waals surface area contributed by atoms with Gasteiger partial charge in [0.05, 0.1) is 5.56 Å². The van der Waals surface area contributed by atoms with Gasteiger partial charge in [0.2, 0.25) is 0 Å². The summed E-state index contributed by atoms with van der Waals surface area (Å²) in [5.74, 6) is -1.87. The average molecular weight is 222 g/mol. The number of anilines is 1. The maximum absolute atomic E-state index is 13.4. The van der Waals surface area contributed by atoms with Crippen molar-refractivity contribution in [2.24, 2.45) is 5.73 Å². The summed E-state index contributed by atoms with van der Waals surface area (Å²) in [5.41, 5.74) is 10.8. The summed E-state index contributed by atoms with van der Waals surface area (Å²) in [6, 6.07) is 3.89. The van der Waals surface area contributed by atoms with Crippen molar-refractivity contribution < 1.29 is 13.7 Å². The second-order valence-corrected chi connectivity index (χ2v) is 3.03. The molecule has 6 nitrogen and oxygen atoms in total. The number of carbonyl (C=O) groups excluding carboxylic acids is 1. The predicted octanol–water partition coefficient (Wildman–Crippen LogP) is 0.557. The third-order valence-electron chi connectivity index (χ3n) is 1.87. The Bertz CT molecular complexity index is 552. The van der Waals surface area contributed by atoms with Gasteiger partial charge in [0.15, 0.2) is 0 Å². The Hall–Kier alpha value is -2.44. The van der Waals surface area contributed by atoms with E-state index in [4.69, 9.17) is 16.0 Å². The minimum atomic E-state index is -0.848. The molecule has 1 amide bonds. The molecule has 1 aromatic heterocycles. The number of hydrogen-bond donors (Lipinski definition) is 2. The molecule has 0 fully saturated rings. The second kappa shape index (κ2) is 3.61. The van der Waals surface area contributed by atoms with E-state index in [1.54, 1.807) is 0 Å². The molecule has 7 heteroatoms. The van der Waals surface area contributed by atoms with Crippen LogP contribution in [0.15, 0.2) is 22.7 Å². The van der Waals surface area contributed by atoms with Crippen LogP contribution in [0.4, 0.5) is 10.1 Å². The van der Waals surface area contributed by atoms with Gasteiger partial charge in [-0.05, 0) is 18.2 Å². The summed E-state index contributed by atoms with van der Waals surface area (Å²) in [6.45, 7) is 0. The summed E-state index contributed by atoms with van der Waals surface area (Å²) < 4.78 is 18.1. The highest BCUT2D eigenvalue weighted by Crippen LogP contribution is 2.23. The Balaban J connectivity index is 2.50. The second-order valence-electron chi connectivity index (χ2n) is 3.03. The number of rotatable bonds is 2. The van der Waals surface area contributed by atoms with E-state index in [9.17, 15) is 9.18 Å². The molecule has 0 aliphatic carbocycles. The zero-order chi connectivity index (χ0) is 11.7. The summed E-state index contributed by atoms with van der Waals surface area (Å²) >= 11 is 0. The molecule has 16 heavy (non-hydrogen) atoms. The van der Waals surface area contributed by atoms with Gasteiger partial charge >= 0.3 is 0 Å². The van der Waals surface area contributed by atoms with Crippen LogP contribution < -0.4 is 11.5 Å². The predicted molar refractivity (Wildman–Crippen MR) is 52.6 cm³/mol. The lowest BCUT2D eigenvalue weighted by Crippen LogP contribution is -2.12. The van der Waals surface area contributed by atoms with Crippen molar-refractivity contribution in [3.63, 3.8) is 0 Å². The molecule has 2 rings (SSSR count). The molecule has 0 aliphatic rings. The SMILES string of the molecule is NC(=O)c1noc(-c2cc(N)ccc2F)n1. The quantitative estimate of drug-likeness (QED) is 0.721. The molecule has 82 valence electrons. The van der Waals surface area contributed by atoms with E-state index in [0.29, 0.717) is 5.69 Å². The monoisotopic (exact) mass is 222 g/mol. The number of nitrogens with zero attached hydrogens (tertiary/aromatic N) is 2. The topological polar surface area (TPSA) is 108 Å². The molecule has 4 N–H and O–H groups in total. The van der Waals surface area contributed by atoms with E-state index >= 15 is 0 Å². The van der Waals surface area contributed by atoms with Crippen molar-refractivity contribution in [3.05, 3.63) is 29.8 Å². The van der Waals surface area contributed by atoms with Gasteiger partial charge in [-0.25, -0.2) is 4.39 Å². The molecule has 0 saturated carbocycles. The van der Waals surface area contributed by atoms with Crippen molar-refractivity contribution in [2.75, 3.05) is 5.73 Å². The van der Waals surface area contributed by atoms with Crippen molar-refractivity contribution in [1.82, 2.24) is 10.1 Å². The van der Waals surface area contributed by atoms with Gasteiger partial charge in [-0.15, -0.1) is 0 Å². The van der Waals surface area contributed by atoms with E-state index in [0.717, 1.165) is 0 Å². The largest absolute Gasteiger partial charge is 0.399 e. The first-order valence-electron chi connectivity index (χ1n) is 4.27. The molecule has 1 aromatic carbocycles. The van der Waals surface area contributed by atoms with Crippen molar-refractivity contribution >= 4 is 11.6 Å². The molecular weight excluding hydrogens is 215 g/mol. The molecule has 1 heterocycles. The first kappa shape index (κ1) is 10.1. The first-order chi connectivity index (χ1) is 7.58. The lowest BCUT2D eigenvalue weighted by Gasteiger charge is -1.98. The maximum Gasteiger partial charge on any atom is 0.290 e. The van der Waals surface area contributed by atoms with Crippen LogP contribution in [0.3, 0.4) is 0 Å². The van der Waals surface area contributed by atoms with Crippen LogP contribution in [-0.2, 0) is 0 Å². The van der Waals surface area contributed by atoms with Crippen LogP contribution in [0.2, 0.25) is 0 Å². The fraction of sp³-hybridized carbons (Fsp3) is 0. The number of aromatic nitrogens is 2. The van der Waals surface area contributed by atoms with Crippen LogP contribution in [0, 0.1) is 5.82 Å². The Morgan fingerprint density at radius 1 is 1.44 bits per heavy atom. The Labute approximate surface area is 89.0 Å². The normalized spacial score (nSPS) is 10.3. The van der Waals surface area contributed by atoms with E-state index in [-0.39, 0.29) is 17.3 Å². The van der Waals surface area contributed by atoms with Crippen LogP contribution in [0.5, 0.6) is 0 Å². The molecule has 2 aromatic rings. The molecule has 0 atom stereocenters. The minimum absolute atomic E-state index is 0.0278. The van der Waals surface area contributed by atoms with Crippen molar-refractivity contribution in [1.29, 1.82) is 0 Å². The third-order valence-corrected chi connectivity index (χ3v) is 1.87. The molecule has 0 spiro atoms. The lowest BCUT2D eigenvalue weighted by molar-refractivity contribution is 0.0987. The molecule has 0 radical (unpaired) electrons. The number of hydrogen-bond acceptors (Lipinski definition) is 5. The van der Waals surface area contributed by atoms with Gasteiger partial charge in [0.1, 0.15) is 5.82 Å². The highest BCUT2D eigenvalue weighted by molar-refractivity contribution is 5.89. The molecular formula is C9H7FN4O2. The van der Waals surface area contributed by atoms with Gasteiger partial charge in [0, 0.05) is 5.69 Å². The number of nitrogen functional groups attached to an aromatic ring is 1. The number of halogens is 1. The van der Waals surface area contributed by atoms with Gasteiger partial charge < -0.3 is 16.0 Å². The molecule has 0 unspecified atom stereocenters. The number of amides is 1. The summed E-state index contributed by atoms with van der Waals surface area (Å²) in [6.07, 6.45) is 0. The third kappa shape index (κ3) is 1.70. The number of carbonyl (C=O) groups is 1. The van der Waals surface area contributed by atoms with Gasteiger partial charge in [-0.2, -0.15) is 4.98 Å². The van der Waals surface area contributed by atoms with Gasteiger partial charge in [-0.1, -0.05) is 5.16 Å². The molecule has 0 bridgehead atoms. The minimum Gasteiger partial charge on any atom is -0.399 e. The van der Waals surface area contributed by atoms with Crippen LogP contribution in [0.25, 0.3) is 11.5 Å². The standard InChI is InChI=1S/C9H7FN4O2/c10-6-2-1-4(11)3-5(6)9-13-8(7(12)15)14-16-9/h1-3H,11H2,(H2,12,15). The summed E-state index contributed by atoms with van der Waals surface area (Å²) in [4.78, 5) is 14.4. The average Bonchev–Trinajstić information content (AvgIpc) is 2.70. The zero-order valence-electron chi connectivity index (χ0n) is 7.98. The number of benzene rings is 1. The van der Waals surface area contributed by atoms with Gasteiger partial charge in [0.25, 0.3) is 17.6 Å². The van der Waals surface area contributed by atoms with Crippen LogP contribution in [-0.4, -0.2) is 16.0 Å². The van der Waals surface area contributed by atoms with Crippen LogP contribution >= 0.6 is 0 Å². The maximum atomic E-state index is 13.4. The van der Waals surface area contributed by atoms with E-state index in [1.165, 1.54) is 18.2 Å². The zero-order valence-corrected chi connectivity index (χ0v) is 7.98. The lowest BCUT2D eigenvalue weighted by atomic mass is 10.2. The fourth-order valence-electron chi connectivity index (χ4n) is 1.14. The van der Waals surface area contributed by atoms with Gasteiger partial charge in [-0.3, -0.25) is 4.79 Å². The molecule has 0 saturated heterocycles. The highest BCUT2D eigenvalue weighted by atomic mass is 19.1. The van der Waals surface area contributed by atoms with Crippen molar-refractivity contribution in [2.45, 2.75) is 0 Å². The smallest absolute Gasteiger partial charge is 0.290 e. The summed E-state index contributed by atoms with van der Waals surface area (Å²) in [7, 11) is 0. The highest BCUT2D eigenvalue weighted by Gasteiger charge is 2.15.